The van der Waals surface area contributed by atoms with Gasteiger partial charge in [-0.15, -0.1) is 0 Å². The molecule has 0 aliphatic heterocycles. The van der Waals surface area contributed by atoms with E-state index in [2.05, 4.69) is 0 Å². The van der Waals surface area contributed by atoms with Gasteiger partial charge in [0.25, 0.3) is 0 Å². The summed E-state index contributed by atoms with van der Waals surface area (Å²) in [4.78, 5) is 0. The number of benzene rings is 2. The van der Waals surface area contributed by atoms with Crippen molar-refractivity contribution in [3.63, 3.8) is 0 Å². The third-order valence-electron chi connectivity index (χ3n) is 2.10. The first-order chi connectivity index (χ1) is 6.77. The Bertz CT molecular complexity index is 434. The Hall–Kier alpha value is -1.21. The van der Waals surface area contributed by atoms with Crippen LogP contribution in [-0.2, 0) is 0 Å². The van der Waals surface area contributed by atoms with E-state index in [9.17, 15) is 0 Å². The Balaban J connectivity index is 2.50. The fourth-order valence-corrected chi connectivity index (χ4v) is 1.60. The molecule has 0 aliphatic rings. The first-order valence-corrected chi connectivity index (χ1v) is 4.75. The van der Waals surface area contributed by atoms with Crippen molar-refractivity contribution in [1.82, 2.24) is 0 Å². The van der Waals surface area contributed by atoms with E-state index in [1.54, 1.807) is 0 Å². The van der Waals surface area contributed by atoms with Gasteiger partial charge in [-0.25, -0.2) is 0 Å². The van der Waals surface area contributed by atoms with Crippen molar-refractivity contribution in [2.45, 2.75) is 0 Å². The fraction of sp³-hybridized carbons (Fsp3) is 0. The van der Waals surface area contributed by atoms with Gasteiger partial charge in [-0.1, -0.05) is 59.5 Å². The number of hydrogen-bond donors (Lipinski definition) is 0. The van der Waals surface area contributed by atoms with E-state index in [4.69, 9.17) is 19.4 Å². The van der Waals surface area contributed by atoms with Gasteiger partial charge in [-0.2, -0.15) is 0 Å². The second-order valence-corrected chi connectivity index (χ2v) is 3.51. The largest absolute Gasteiger partial charge is 0.113 e. The zero-order valence-corrected chi connectivity index (χ0v) is 8.33. The molecular weight excluding hydrogens is 190 g/mol. The van der Waals surface area contributed by atoms with E-state index in [0.717, 1.165) is 21.6 Å². The van der Waals surface area contributed by atoms with Gasteiger partial charge in [0.15, 0.2) is 0 Å². The van der Waals surface area contributed by atoms with Crippen LogP contribution in [-0.4, -0.2) is 7.85 Å². The third-order valence-corrected chi connectivity index (χ3v) is 2.43. The summed E-state index contributed by atoms with van der Waals surface area (Å²) in [5, 5.41) is 0.761. The van der Waals surface area contributed by atoms with Gasteiger partial charge in [0, 0.05) is 10.6 Å². The van der Waals surface area contributed by atoms with E-state index in [0.29, 0.717) is 0 Å². The summed E-state index contributed by atoms with van der Waals surface area (Å²) in [7, 11) is 5.61. The first-order valence-electron chi connectivity index (χ1n) is 4.38. The maximum atomic E-state index is 6.07. The van der Waals surface area contributed by atoms with Crippen LogP contribution in [0.3, 0.4) is 0 Å². The molecule has 0 saturated heterocycles. The quantitative estimate of drug-likeness (QED) is 0.618. The molecule has 0 N–H and O–H groups in total. The molecule has 2 aromatic carbocycles. The van der Waals surface area contributed by atoms with E-state index in [-0.39, 0.29) is 0 Å². The second kappa shape index (κ2) is 3.89. The normalized spacial score (nSPS) is 10.1. The van der Waals surface area contributed by atoms with Crippen molar-refractivity contribution < 1.29 is 0 Å². The van der Waals surface area contributed by atoms with Crippen molar-refractivity contribution in [2.24, 2.45) is 0 Å². The minimum Gasteiger partial charge on any atom is -0.0966 e. The smallest absolute Gasteiger partial charge is 0.0966 e. The maximum Gasteiger partial charge on any atom is 0.113 e. The third kappa shape index (κ3) is 1.83. The SMILES string of the molecule is [B]c1ccc(-c2ccccc2Cl)cc1. The lowest BCUT2D eigenvalue weighted by Gasteiger charge is -2.04. The monoisotopic (exact) mass is 198 g/mol. The van der Waals surface area contributed by atoms with Crippen molar-refractivity contribution in [1.29, 1.82) is 0 Å². The minimum absolute atomic E-state index is 0.761. The highest BCUT2D eigenvalue weighted by Crippen LogP contribution is 2.26. The molecule has 0 spiro atoms. The Labute approximate surface area is 89.9 Å². The highest BCUT2D eigenvalue weighted by Gasteiger charge is 2.00. The number of halogens is 1. The number of hydrogen-bond acceptors (Lipinski definition) is 0. The summed E-state index contributed by atoms with van der Waals surface area (Å²) in [6.07, 6.45) is 0. The molecule has 2 radical (unpaired) electrons. The topological polar surface area (TPSA) is 0 Å². The average molecular weight is 198 g/mol. The molecule has 2 rings (SSSR count). The van der Waals surface area contributed by atoms with Gasteiger partial charge in [0.1, 0.15) is 7.85 Å². The summed E-state index contributed by atoms with van der Waals surface area (Å²) >= 11 is 6.07. The molecule has 0 amide bonds. The Morgan fingerprint density at radius 1 is 0.857 bits per heavy atom. The lowest BCUT2D eigenvalue weighted by molar-refractivity contribution is 1.63. The van der Waals surface area contributed by atoms with Gasteiger partial charge in [0.2, 0.25) is 0 Å². The first kappa shape index (κ1) is 9.35. The maximum absolute atomic E-state index is 6.07. The van der Waals surface area contributed by atoms with Crippen molar-refractivity contribution in [3.8, 4) is 11.1 Å². The molecule has 0 bridgehead atoms. The lowest BCUT2D eigenvalue weighted by Crippen LogP contribution is -1.99. The van der Waals surface area contributed by atoms with Crippen molar-refractivity contribution in [2.75, 3.05) is 0 Å². The van der Waals surface area contributed by atoms with Crippen LogP contribution in [0, 0.1) is 0 Å². The predicted octanol–water partition coefficient (Wildman–Crippen LogP) is 2.80. The highest BCUT2D eigenvalue weighted by atomic mass is 35.5. The molecule has 66 valence electrons. The molecule has 14 heavy (non-hydrogen) atoms. The van der Waals surface area contributed by atoms with Crippen LogP contribution in [0.15, 0.2) is 48.5 Å². The lowest BCUT2D eigenvalue weighted by atomic mass is 9.94. The Kier molecular flexibility index (Phi) is 2.60. The van der Waals surface area contributed by atoms with E-state index in [1.807, 2.05) is 48.5 Å². The summed E-state index contributed by atoms with van der Waals surface area (Å²) in [5.74, 6) is 0. The average Bonchev–Trinajstić information content (AvgIpc) is 2.20. The Morgan fingerprint density at radius 2 is 1.50 bits per heavy atom. The molecule has 2 aromatic rings. The summed E-state index contributed by atoms with van der Waals surface area (Å²) in [6, 6.07) is 15.5. The molecule has 0 nitrogen and oxygen atoms in total. The molecule has 0 aliphatic carbocycles. The highest BCUT2D eigenvalue weighted by molar-refractivity contribution is 6.33. The molecule has 0 atom stereocenters. The fourth-order valence-electron chi connectivity index (χ4n) is 1.36. The van der Waals surface area contributed by atoms with E-state index >= 15 is 0 Å². The number of rotatable bonds is 1. The van der Waals surface area contributed by atoms with Crippen LogP contribution in [0.4, 0.5) is 0 Å². The molecule has 2 heteroatoms. The molecule has 0 unspecified atom stereocenters. The van der Waals surface area contributed by atoms with Gasteiger partial charge in [-0.05, 0) is 11.6 Å². The van der Waals surface area contributed by atoms with Crippen LogP contribution in [0.25, 0.3) is 11.1 Å². The van der Waals surface area contributed by atoms with Crippen LogP contribution in [0.5, 0.6) is 0 Å². The van der Waals surface area contributed by atoms with Crippen LogP contribution < -0.4 is 5.46 Å². The molecule has 0 heterocycles. The molecular formula is C12H8BCl. The molecule has 0 saturated carbocycles. The van der Waals surface area contributed by atoms with Gasteiger partial charge in [0.05, 0.1) is 0 Å². The molecule has 0 aromatic heterocycles. The van der Waals surface area contributed by atoms with Crippen LogP contribution in [0.2, 0.25) is 5.02 Å². The zero-order chi connectivity index (χ0) is 9.97. The summed E-state index contributed by atoms with van der Waals surface area (Å²) in [5.41, 5.74) is 2.89. The predicted molar refractivity (Wildman–Crippen MR) is 62.3 cm³/mol. The van der Waals surface area contributed by atoms with Gasteiger partial charge < -0.3 is 0 Å². The van der Waals surface area contributed by atoms with Crippen molar-refractivity contribution >= 4 is 24.9 Å². The van der Waals surface area contributed by atoms with Crippen LogP contribution in [0.1, 0.15) is 0 Å². The Morgan fingerprint density at radius 3 is 2.14 bits per heavy atom. The zero-order valence-electron chi connectivity index (χ0n) is 7.57. The summed E-state index contributed by atoms with van der Waals surface area (Å²) in [6.45, 7) is 0. The van der Waals surface area contributed by atoms with Crippen molar-refractivity contribution in [3.05, 3.63) is 53.6 Å². The van der Waals surface area contributed by atoms with E-state index < -0.39 is 0 Å². The summed E-state index contributed by atoms with van der Waals surface area (Å²) < 4.78 is 0. The second-order valence-electron chi connectivity index (χ2n) is 3.10. The minimum atomic E-state index is 0.761. The van der Waals surface area contributed by atoms with E-state index in [1.165, 1.54) is 0 Å². The van der Waals surface area contributed by atoms with Crippen LogP contribution >= 0.6 is 11.6 Å². The standard InChI is InChI=1S/C12H8BCl/c13-10-7-5-9(6-8-10)11-3-1-2-4-12(11)14/h1-8H. The molecule has 0 fully saturated rings. The van der Waals surface area contributed by atoms with Gasteiger partial charge in [-0.3, -0.25) is 0 Å². The van der Waals surface area contributed by atoms with Gasteiger partial charge >= 0.3 is 0 Å².